The number of phenols is 1. The molecule has 22 N–H and O–H groups in total. The number of phenolic OH excluding ortho intramolecular Hbond substituents is 1. The number of nitrogens with one attached hydrogen (secondary N) is 11. The Kier molecular flexibility index (Phi) is 31.8. The molecule has 102 heavy (non-hydrogen) atoms. The summed E-state index contributed by atoms with van der Waals surface area (Å²) in [6, 6.07) is 10.7. The highest BCUT2D eigenvalue weighted by atomic mass is 32.2. The lowest BCUT2D eigenvalue weighted by atomic mass is 10.00. The number of rotatable bonds is 32. The van der Waals surface area contributed by atoms with E-state index in [4.69, 9.17) is 17.2 Å². The number of likely N-dealkylation sites (N-methyl/N-ethyl adjacent to an activating group) is 1. The Morgan fingerprint density at radius 1 is 0.637 bits per heavy atom. The largest absolute Gasteiger partial charge is 0.508 e. The number of benzene rings is 4. The van der Waals surface area contributed by atoms with E-state index < -0.39 is 169 Å². The van der Waals surface area contributed by atoms with Gasteiger partial charge in [-0.3, -0.25) is 52.7 Å². The Bertz CT molecular complexity index is 3700. The van der Waals surface area contributed by atoms with Crippen LogP contribution in [0.4, 0.5) is 5.69 Å². The van der Waals surface area contributed by atoms with E-state index in [1.807, 2.05) is 17.4 Å². The molecule has 0 saturated carbocycles. The van der Waals surface area contributed by atoms with Crippen LogP contribution in [-0.4, -0.2) is 229 Å². The first-order valence-corrected chi connectivity index (χ1v) is 34.7. The number of carboxylic acid groups (broad SMARTS) is 1. The second-order valence-electron chi connectivity index (χ2n) is 24.7. The van der Waals surface area contributed by atoms with Crippen LogP contribution in [0, 0.1) is 0 Å². The van der Waals surface area contributed by atoms with Gasteiger partial charge >= 0.3 is 5.97 Å². The fraction of sp³-hybridized carbons (Fsp3) is 0.441. The number of para-hydroxylation sites is 1. The van der Waals surface area contributed by atoms with Gasteiger partial charge < -0.3 is 106 Å². The zero-order chi connectivity index (χ0) is 74.7. The van der Waals surface area contributed by atoms with Gasteiger partial charge in [0.05, 0.1) is 24.6 Å². The van der Waals surface area contributed by atoms with Gasteiger partial charge in [0.25, 0.3) is 0 Å². The van der Waals surface area contributed by atoms with Crippen molar-refractivity contribution >= 4 is 112 Å². The van der Waals surface area contributed by atoms with Crippen molar-refractivity contribution in [3.05, 3.63) is 132 Å². The van der Waals surface area contributed by atoms with Crippen molar-refractivity contribution in [2.45, 2.75) is 144 Å². The molecule has 1 aromatic heterocycles. The fourth-order valence-electron chi connectivity index (χ4n) is 10.9. The number of aromatic hydroxyl groups is 1. The quantitative estimate of drug-likeness (QED) is 0.0112. The lowest BCUT2D eigenvalue weighted by Crippen LogP contribution is -2.63. The summed E-state index contributed by atoms with van der Waals surface area (Å²) < 4.78 is 0. The summed E-state index contributed by atoms with van der Waals surface area (Å²) in [5, 5.41) is 76.5. The monoisotopic (exact) mass is 1450 g/mol. The molecule has 0 unspecified atom stereocenters. The minimum Gasteiger partial charge on any atom is -0.508 e. The number of aliphatic carboxylic acids is 1. The van der Waals surface area contributed by atoms with Crippen LogP contribution < -0.4 is 70.4 Å². The number of nitrogens with zero attached hydrogens (tertiary/aromatic N) is 1. The Balaban J connectivity index is 1.24. The van der Waals surface area contributed by atoms with Gasteiger partial charge in [-0.05, 0) is 104 Å². The molecule has 1 fully saturated rings. The number of H-pyrrole nitrogens is 1. The summed E-state index contributed by atoms with van der Waals surface area (Å²) in [5.41, 5.74) is 21.2. The first-order chi connectivity index (χ1) is 48.6. The Labute approximate surface area is 597 Å². The number of anilines is 1. The average Bonchev–Trinajstić information content (AvgIpc) is 1.56. The number of carbonyl (C=O) groups excluding carboxylic acids is 11. The number of aliphatic hydroxyl groups is 3. The number of aromatic amines is 1. The van der Waals surface area contributed by atoms with E-state index in [1.165, 1.54) is 50.4 Å². The van der Waals surface area contributed by atoms with E-state index in [9.17, 15) is 68.7 Å². The summed E-state index contributed by atoms with van der Waals surface area (Å²) in [7, 11) is 1.30. The Morgan fingerprint density at radius 2 is 1.21 bits per heavy atom. The van der Waals surface area contributed by atoms with Gasteiger partial charge in [0, 0.05) is 67.8 Å². The minimum atomic E-state index is -1.78. The number of unbranched alkanes of at least 4 members (excludes halogenated alkanes) is 1. The normalized spacial score (nSPS) is 20.0. The maximum atomic E-state index is 15.2. The molecule has 0 aliphatic carbocycles. The maximum absolute atomic E-state index is 15.2. The van der Waals surface area contributed by atoms with Crippen molar-refractivity contribution < 1.29 is 83.1 Å². The highest BCUT2D eigenvalue weighted by Gasteiger charge is 2.40. The predicted molar refractivity (Wildman–Crippen MR) is 380 cm³/mol. The molecule has 1 aliphatic rings. The van der Waals surface area contributed by atoms with Crippen LogP contribution in [0.2, 0.25) is 0 Å². The summed E-state index contributed by atoms with van der Waals surface area (Å²) in [5.74, 6) is -12.5. The highest BCUT2D eigenvalue weighted by molar-refractivity contribution is 7.99. The average molecular weight is 1450 g/mol. The number of hydrogen-bond acceptors (Lipinski definition) is 21. The maximum Gasteiger partial charge on any atom is 0.328 e. The molecule has 4 aromatic carbocycles. The van der Waals surface area contributed by atoms with Crippen LogP contribution in [0.5, 0.6) is 5.75 Å². The minimum absolute atomic E-state index is 0.00768. The third-order valence-electron chi connectivity index (χ3n) is 16.8. The first-order valence-electron chi connectivity index (χ1n) is 32.9. The van der Waals surface area contributed by atoms with E-state index >= 15 is 14.4 Å². The molecule has 2 heterocycles. The van der Waals surface area contributed by atoms with Crippen LogP contribution in [-0.2, 0) is 83.2 Å². The van der Waals surface area contributed by atoms with Crippen molar-refractivity contribution in [1.82, 2.24) is 63.1 Å². The number of thiol groups is 1. The van der Waals surface area contributed by atoms with Gasteiger partial charge in [0.2, 0.25) is 65.0 Å². The number of carboxylic acids is 1. The molecule has 552 valence electrons. The third kappa shape index (κ3) is 24.5. The van der Waals surface area contributed by atoms with Crippen LogP contribution in [0.1, 0.15) is 61.8 Å². The molecule has 32 nitrogen and oxygen atoms in total. The summed E-state index contributed by atoms with van der Waals surface area (Å²) in [4.78, 5) is 173. The number of aliphatic hydroxyl groups excluding tert-OH is 3. The molecule has 34 heteroatoms. The van der Waals surface area contributed by atoms with Crippen molar-refractivity contribution in [3.63, 3.8) is 0 Å². The van der Waals surface area contributed by atoms with E-state index in [-0.39, 0.29) is 62.3 Å². The van der Waals surface area contributed by atoms with Gasteiger partial charge in [0.15, 0.2) is 0 Å². The number of hydrogen-bond donors (Lipinski definition) is 20. The molecule has 1 saturated heterocycles. The second-order valence-corrected chi connectivity index (χ2v) is 26.1. The zero-order valence-electron chi connectivity index (χ0n) is 56.5. The highest BCUT2D eigenvalue weighted by Crippen LogP contribution is 2.22. The summed E-state index contributed by atoms with van der Waals surface area (Å²) >= 11 is 5.16. The van der Waals surface area contributed by atoms with Crippen molar-refractivity contribution in [2.24, 2.45) is 11.5 Å². The molecule has 11 amide bonds. The van der Waals surface area contributed by atoms with Crippen LogP contribution in [0.3, 0.4) is 0 Å². The summed E-state index contributed by atoms with van der Waals surface area (Å²) in [6.07, 6.45) is -1.73. The standard InChI is InChI=1S/C68H91N15O17S2/c1-36(85)56-65(96)78-51(29-38-11-5-4-6-12-38)67(98)83(3)54(64(95)77-49(28-40-18-22-43(87)23-19-40)60(91)76-50(30-41-31-72-46-14-8-7-13-44(41)46)62(93)74-47(59(90)81-56)15-9-10-25-69)24-26-102-35-55(88)73-32-45(71)58(89)75-48(27-39-16-20-42(70)21-17-39)61(92)80-53(34-101)63(94)82-57(37(2)86)66(97)79-52(33-84)68(99)100/h4-8,11-14,16-23,31,36-37,45,47-54,56-57,72,84-87,101H,9-10,15,24-30,32-35,69-71H2,1-3H3,(H,73,88)(H,74,93)(H,75,89)(H,76,91)(H,77,95)(H,78,96)(H,79,97)(H,80,92)(H,81,90)(H,82,94)(H,99,100)/t36-,37-,45+,47+,48+,49+,50+,51+,52+,53+,54-,56+,57+/m1/s1. The number of nitrogens with two attached hydrogens (primary N) is 3. The molecule has 1 aliphatic heterocycles. The molecule has 0 spiro atoms. The zero-order valence-corrected chi connectivity index (χ0v) is 58.2. The molecule has 13 atom stereocenters. The van der Waals surface area contributed by atoms with Crippen LogP contribution in [0.15, 0.2) is 109 Å². The number of aromatic nitrogens is 1. The number of carbonyl (C=O) groups is 12. The van der Waals surface area contributed by atoms with Gasteiger partial charge in [-0.1, -0.05) is 72.8 Å². The lowest BCUT2D eigenvalue weighted by molar-refractivity contribution is -0.144. The fourth-order valence-corrected chi connectivity index (χ4v) is 12.0. The lowest BCUT2D eigenvalue weighted by Gasteiger charge is -2.33. The molecular formula is C68H91N15O17S2. The third-order valence-corrected chi connectivity index (χ3v) is 18.1. The van der Waals surface area contributed by atoms with Crippen LogP contribution in [0.25, 0.3) is 10.9 Å². The molecule has 5 aromatic rings. The van der Waals surface area contributed by atoms with Crippen molar-refractivity contribution in [2.75, 3.05) is 49.7 Å². The SMILES string of the molecule is C[C@@H](O)[C@H](NC(=O)[C@H](CS)NC(=O)[C@H](Cc1ccc(N)cc1)NC(=O)[C@@H](N)CNC(=O)CSCC[C@@H]1C(=O)N[C@@H](Cc2ccc(O)cc2)C(=O)N[C@@H](Cc2c[nH]c3ccccc23)C(=O)N[C@@H](CCCCN)C(=O)N[C@@H]([C@@H](C)O)C(=O)N[C@@H](Cc2ccccc2)C(=O)N1C)C(=O)N[C@@H](CO)C(=O)O. The number of fused-ring (bicyclic) bond motifs is 1. The second kappa shape index (κ2) is 40.0. The van der Waals surface area contributed by atoms with E-state index in [1.54, 1.807) is 60.8 Å². The van der Waals surface area contributed by atoms with Gasteiger partial charge in [-0.25, -0.2) is 4.79 Å². The van der Waals surface area contributed by atoms with Crippen molar-refractivity contribution in [3.8, 4) is 5.75 Å². The predicted octanol–water partition coefficient (Wildman–Crippen LogP) is -3.61. The molecule has 0 radical (unpaired) electrons. The molecule has 6 rings (SSSR count). The summed E-state index contributed by atoms with van der Waals surface area (Å²) in [6.45, 7) is 1.10. The van der Waals surface area contributed by atoms with Gasteiger partial charge in [0.1, 0.15) is 72.2 Å². The Morgan fingerprint density at radius 3 is 1.84 bits per heavy atom. The van der Waals surface area contributed by atoms with Gasteiger partial charge in [-0.15, -0.1) is 0 Å². The Hall–Kier alpha value is -9.84. The van der Waals surface area contributed by atoms with Crippen LogP contribution >= 0.6 is 24.4 Å². The van der Waals surface area contributed by atoms with E-state index in [0.717, 1.165) is 23.6 Å². The first kappa shape index (κ1) is 81.1. The van der Waals surface area contributed by atoms with E-state index in [0.29, 0.717) is 51.7 Å². The molecule has 0 bridgehead atoms. The number of nitrogen functional groups attached to an aromatic ring is 1. The topological polar surface area (TPSA) is 523 Å². The smallest absolute Gasteiger partial charge is 0.328 e. The van der Waals surface area contributed by atoms with Gasteiger partial charge in [-0.2, -0.15) is 24.4 Å². The van der Waals surface area contributed by atoms with Crippen molar-refractivity contribution in [1.29, 1.82) is 0 Å². The van der Waals surface area contributed by atoms with E-state index in [2.05, 4.69) is 65.5 Å². The number of amides is 11. The number of thioether (sulfide) groups is 1. The molecular weight excluding hydrogens is 1360 g/mol.